The minimum Gasteiger partial charge on any atom is -0.324 e. The Labute approximate surface area is 47.5 Å². The summed E-state index contributed by atoms with van der Waals surface area (Å²) in [5, 5.41) is 0. The molecule has 0 saturated heterocycles. The van der Waals surface area contributed by atoms with E-state index in [0.29, 0.717) is 5.78 Å². The van der Waals surface area contributed by atoms with Crippen molar-refractivity contribution in [1.82, 2.24) is 0 Å². The molecule has 2 N–H and O–H groups in total. The lowest BCUT2D eigenvalue weighted by atomic mass is 10.3. The topological polar surface area (TPSA) is 26.0 Å². The molecule has 0 fully saturated rings. The summed E-state index contributed by atoms with van der Waals surface area (Å²) in [5.74, 6) is 0.477. The second-order valence-electron chi connectivity index (χ2n) is 1.68. The van der Waals surface area contributed by atoms with Crippen molar-refractivity contribution in [2.45, 2.75) is 25.5 Å². The SMILES string of the molecule is CCC[C@H](N)PC. The molecule has 44 valence electrons. The van der Waals surface area contributed by atoms with Crippen LogP contribution >= 0.6 is 8.58 Å². The fourth-order valence-corrected chi connectivity index (χ4v) is 1.03. The predicted octanol–water partition coefficient (Wildman–Crippen LogP) is 1.38. The molecule has 0 aliphatic heterocycles. The van der Waals surface area contributed by atoms with Gasteiger partial charge in [0, 0.05) is 5.78 Å². The number of nitrogens with two attached hydrogens (primary N) is 1. The Balaban J connectivity index is 2.83. The normalized spacial score (nSPS) is 15.9. The second-order valence-corrected chi connectivity index (χ2v) is 3.00. The molecule has 0 aromatic carbocycles. The van der Waals surface area contributed by atoms with Gasteiger partial charge in [0.05, 0.1) is 0 Å². The molecule has 0 heterocycles. The van der Waals surface area contributed by atoms with E-state index in [4.69, 9.17) is 5.73 Å². The zero-order valence-corrected chi connectivity index (χ0v) is 6.07. The molecule has 0 aromatic rings. The van der Waals surface area contributed by atoms with Crippen molar-refractivity contribution in [3.8, 4) is 0 Å². The second kappa shape index (κ2) is 4.55. The first-order chi connectivity index (χ1) is 3.31. The lowest BCUT2D eigenvalue weighted by molar-refractivity contribution is 0.761. The molecule has 0 bridgehead atoms. The van der Waals surface area contributed by atoms with Crippen LogP contribution in [0.3, 0.4) is 0 Å². The summed E-state index contributed by atoms with van der Waals surface area (Å²) in [6.45, 7) is 4.32. The quantitative estimate of drug-likeness (QED) is 0.558. The van der Waals surface area contributed by atoms with Gasteiger partial charge < -0.3 is 5.73 Å². The lowest BCUT2D eigenvalue weighted by Crippen LogP contribution is -2.11. The molecule has 7 heavy (non-hydrogen) atoms. The Kier molecular flexibility index (Phi) is 4.80. The van der Waals surface area contributed by atoms with Crippen molar-refractivity contribution in [2.24, 2.45) is 5.73 Å². The standard InChI is InChI=1S/C5H14NP/c1-3-4-5(6)7-2/h5,7H,3-4,6H2,1-2H3/t5-/m1/s1. The Morgan fingerprint density at radius 1 is 1.71 bits per heavy atom. The van der Waals surface area contributed by atoms with Crippen molar-refractivity contribution in [3.63, 3.8) is 0 Å². The van der Waals surface area contributed by atoms with Crippen LogP contribution in [0.4, 0.5) is 0 Å². The first-order valence-electron chi connectivity index (χ1n) is 2.74. The fraction of sp³-hybridized carbons (Fsp3) is 1.00. The van der Waals surface area contributed by atoms with Gasteiger partial charge in [-0.05, 0) is 13.1 Å². The molecule has 0 aliphatic rings. The first kappa shape index (κ1) is 7.39. The summed E-state index contributed by atoms with van der Waals surface area (Å²) in [4.78, 5) is 0. The third-order valence-corrected chi connectivity index (χ3v) is 2.00. The lowest BCUT2D eigenvalue weighted by Gasteiger charge is -2.03. The third-order valence-electron chi connectivity index (χ3n) is 0.970. The highest BCUT2D eigenvalue weighted by Crippen LogP contribution is 2.12. The van der Waals surface area contributed by atoms with Gasteiger partial charge in [0.25, 0.3) is 0 Å². The fourth-order valence-electron chi connectivity index (χ4n) is 0.455. The van der Waals surface area contributed by atoms with Gasteiger partial charge in [0.2, 0.25) is 0 Å². The highest BCUT2D eigenvalue weighted by molar-refractivity contribution is 7.37. The average molecular weight is 119 g/mol. The van der Waals surface area contributed by atoms with Crippen molar-refractivity contribution < 1.29 is 0 Å². The monoisotopic (exact) mass is 119 g/mol. The molecule has 0 saturated carbocycles. The van der Waals surface area contributed by atoms with E-state index in [-0.39, 0.29) is 0 Å². The number of hydrogen-bond donors (Lipinski definition) is 1. The van der Waals surface area contributed by atoms with Gasteiger partial charge in [0.15, 0.2) is 0 Å². The summed E-state index contributed by atoms with van der Waals surface area (Å²) in [6.07, 6.45) is 2.41. The van der Waals surface area contributed by atoms with E-state index in [1.54, 1.807) is 0 Å². The van der Waals surface area contributed by atoms with Gasteiger partial charge in [0.1, 0.15) is 0 Å². The predicted molar refractivity (Wildman–Crippen MR) is 37.1 cm³/mol. The molecule has 0 radical (unpaired) electrons. The Morgan fingerprint density at radius 3 is 2.43 bits per heavy atom. The average Bonchev–Trinajstić information content (AvgIpc) is 1.68. The molecule has 1 nitrogen and oxygen atoms in total. The minimum atomic E-state index is 0.477. The molecule has 0 rings (SSSR count). The smallest absolute Gasteiger partial charge is 0.0210 e. The van der Waals surface area contributed by atoms with Crippen LogP contribution in [0.15, 0.2) is 0 Å². The van der Waals surface area contributed by atoms with Gasteiger partial charge in [-0.2, -0.15) is 0 Å². The summed E-state index contributed by atoms with van der Waals surface area (Å²) < 4.78 is 0. The summed E-state index contributed by atoms with van der Waals surface area (Å²) in [6, 6.07) is 0. The van der Waals surface area contributed by atoms with E-state index in [0.717, 1.165) is 8.58 Å². The van der Waals surface area contributed by atoms with E-state index in [1.807, 2.05) is 0 Å². The maximum absolute atomic E-state index is 5.60. The van der Waals surface area contributed by atoms with Crippen molar-refractivity contribution in [2.75, 3.05) is 6.66 Å². The van der Waals surface area contributed by atoms with Crippen LogP contribution in [0.1, 0.15) is 19.8 Å². The Bertz CT molecular complexity index is 39.1. The molecular weight excluding hydrogens is 105 g/mol. The maximum atomic E-state index is 5.60. The van der Waals surface area contributed by atoms with Crippen LogP contribution in [0.2, 0.25) is 0 Å². The summed E-state index contributed by atoms with van der Waals surface area (Å²) in [5.41, 5.74) is 5.60. The third kappa shape index (κ3) is 4.24. The highest BCUT2D eigenvalue weighted by Gasteiger charge is 1.92. The van der Waals surface area contributed by atoms with E-state index in [2.05, 4.69) is 13.6 Å². The van der Waals surface area contributed by atoms with Crippen molar-refractivity contribution >= 4 is 8.58 Å². The van der Waals surface area contributed by atoms with Crippen molar-refractivity contribution in [3.05, 3.63) is 0 Å². The van der Waals surface area contributed by atoms with Gasteiger partial charge in [-0.15, -0.1) is 8.58 Å². The maximum Gasteiger partial charge on any atom is 0.0210 e. The molecule has 0 aromatic heterocycles. The van der Waals surface area contributed by atoms with Gasteiger partial charge in [-0.1, -0.05) is 13.3 Å². The van der Waals surface area contributed by atoms with Crippen LogP contribution in [-0.2, 0) is 0 Å². The number of rotatable bonds is 3. The van der Waals surface area contributed by atoms with Crippen molar-refractivity contribution in [1.29, 1.82) is 0 Å². The number of hydrogen-bond acceptors (Lipinski definition) is 1. The zero-order valence-electron chi connectivity index (χ0n) is 5.07. The van der Waals surface area contributed by atoms with E-state index in [9.17, 15) is 0 Å². The first-order valence-corrected chi connectivity index (χ1v) is 4.31. The summed E-state index contributed by atoms with van der Waals surface area (Å²) >= 11 is 0. The van der Waals surface area contributed by atoms with Crippen LogP contribution in [0, 0.1) is 0 Å². The molecule has 1 unspecified atom stereocenters. The molecular formula is C5H14NP. The van der Waals surface area contributed by atoms with Crippen LogP contribution in [-0.4, -0.2) is 12.4 Å². The molecule has 2 heteroatoms. The van der Waals surface area contributed by atoms with Gasteiger partial charge in [-0.25, -0.2) is 0 Å². The van der Waals surface area contributed by atoms with E-state index < -0.39 is 0 Å². The van der Waals surface area contributed by atoms with Crippen LogP contribution in [0.25, 0.3) is 0 Å². The minimum absolute atomic E-state index is 0.477. The van der Waals surface area contributed by atoms with Crippen LogP contribution < -0.4 is 5.73 Å². The molecule has 0 spiro atoms. The van der Waals surface area contributed by atoms with Crippen LogP contribution in [0.5, 0.6) is 0 Å². The zero-order chi connectivity index (χ0) is 5.70. The van der Waals surface area contributed by atoms with Gasteiger partial charge >= 0.3 is 0 Å². The Morgan fingerprint density at radius 2 is 2.29 bits per heavy atom. The molecule has 0 amide bonds. The molecule has 2 atom stereocenters. The van der Waals surface area contributed by atoms with E-state index in [1.165, 1.54) is 12.8 Å². The Hall–Kier alpha value is 0.390. The summed E-state index contributed by atoms with van der Waals surface area (Å²) in [7, 11) is 0.916. The van der Waals surface area contributed by atoms with E-state index >= 15 is 0 Å². The molecule has 0 aliphatic carbocycles. The highest BCUT2D eigenvalue weighted by atomic mass is 31.1. The van der Waals surface area contributed by atoms with Gasteiger partial charge in [-0.3, -0.25) is 0 Å². The largest absolute Gasteiger partial charge is 0.324 e.